The summed E-state index contributed by atoms with van der Waals surface area (Å²) in [5.41, 5.74) is -1.32. The molecule has 142 valence electrons. The molecule has 1 unspecified atom stereocenters. The minimum atomic E-state index is -0.827. The molecule has 0 bridgehead atoms. The zero-order valence-corrected chi connectivity index (χ0v) is 18.0. The molecule has 24 heavy (non-hydrogen) atoms. The number of hydrogen-bond acceptors (Lipinski definition) is 7. The van der Waals surface area contributed by atoms with E-state index in [0.717, 1.165) is 22.7 Å². The maximum Gasteiger partial charge on any atom is 0.509 e. The van der Waals surface area contributed by atoms with Crippen molar-refractivity contribution in [1.29, 1.82) is 0 Å². The van der Waals surface area contributed by atoms with Crippen LogP contribution in [0.15, 0.2) is 0 Å². The van der Waals surface area contributed by atoms with Gasteiger partial charge in [-0.1, -0.05) is 6.04 Å². The number of rotatable bonds is 8. The maximum atomic E-state index is 11.8. The van der Waals surface area contributed by atoms with Gasteiger partial charge >= 0.3 is 12.3 Å². The van der Waals surface area contributed by atoms with Gasteiger partial charge in [-0.3, -0.25) is 0 Å². The van der Waals surface area contributed by atoms with Crippen LogP contribution in [0.2, 0.25) is 6.04 Å². The van der Waals surface area contributed by atoms with Crippen molar-refractivity contribution < 1.29 is 33.3 Å². The number of hydrogen-bond donors (Lipinski definition) is 0. The third kappa shape index (κ3) is 14.3. The zero-order valence-electron chi connectivity index (χ0n) is 16.0. The summed E-state index contributed by atoms with van der Waals surface area (Å²) >= 11 is 0. The van der Waals surface area contributed by atoms with Gasteiger partial charge in [-0.15, -0.1) is 0 Å². The van der Waals surface area contributed by atoms with E-state index in [0.29, 0.717) is 6.61 Å². The lowest BCUT2D eigenvalue weighted by Gasteiger charge is -2.23. The van der Waals surface area contributed by atoms with Crippen LogP contribution < -0.4 is 0 Å². The molecule has 0 saturated heterocycles. The SMILES string of the molecule is CC(C)(C)OC(=O)OCC(COCCC[SiH3])OC(=O)OC(C)(C)C. The molecule has 0 aliphatic rings. The molecule has 0 saturated carbocycles. The molecule has 0 N–H and O–H groups in total. The second kappa shape index (κ2) is 10.6. The van der Waals surface area contributed by atoms with Crippen LogP contribution in [0.4, 0.5) is 9.59 Å². The molecule has 0 fully saturated rings. The summed E-state index contributed by atoms with van der Waals surface area (Å²) in [5, 5.41) is 0. The Morgan fingerprint density at radius 2 is 1.46 bits per heavy atom. The lowest BCUT2D eigenvalue weighted by atomic mass is 10.2. The van der Waals surface area contributed by atoms with E-state index in [-0.39, 0.29) is 13.2 Å². The van der Waals surface area contributed by atoms with Gasteiger partial charge in [0.05, 0.1) is 6.61 Å². The highest BCUT2D eigenvalue weighted by Gasteiger charge is 2.24. The van der Waals surface area contributed by atoms with Gasteiger partial charge in [0.25, 0.3) is 0 Å². The normalized spacial score (nSPS) is 13.2. The molecular formula is C16H32O7Si. The van der Waals surface area contributed by atoms with Crippen LogP contribution in [0.5, 0.6) is 0 Å². The highest BCUT2D eigenvalue weighted by Crippen LogP contribution is 2.11. The molecular weight excluding hydrogens is 332 g/mol. The Hall–Kier alpha value is -1.28. The van der Waals surface area contributed by atoms with Crippen LogP contribution >= 0.6 is 0 Å². The molecule has 0 amide bonds. The fourth-order valence-electron chi connectivity index (χ4n) is 1.43. The average molecular weight is 365 g/mol. The van der Waals surface area contributed by atoms with Crippen molar-refractivity contribution in [1.82, 2.24) is 0 Å². The second-order valence-corrected chi connectivity index (χ2v) is 8.41. The molecule has 0 aliphatic heterocycles. The van der Waals surface area contributed by atoms with Crippen LogP contribution in [0.3, 0.4) is 0 Å². The largest absolute Gasteiger partial charge is 0.509 e. The molecule has 0 aromatic rings. The lowest BCUT2D eigenvalue weighted by molar-refractivity contribution is -0.0746. The summed E-state index contributed by atoms with van der Waals surface area (Å²) in [5.74, 6) is 0. The molecule has 0 aromatic heterocycles. The molecule has 0 rings (SSSR count). The molecule has 0 aliphatic carbocycles. The average Bonchev–Trinajstić information content (AvgIpc) is 2.36. The van der Waals surface area contributed by atoms with Gasteiger partial charge in [0.2, 0.25) is 0 Å². The number of carbonyl (C=O) groups excluding carboxylic acids is 2. The number of carbonyl (C=O) groups is 2. The Balaban J connectivity index is 4.46. The Bertz CT molecular complexity index is 385. The van der Waals surface area contributed by atoms with Gasteiger partial charge in [-0.05, 0) is 48.0 Å². The monoisotopic (exact) mass is 364 g/mol. The molecule has 8 heteroatoms. The van der Waals surface area contributed by atoms with Gasteiger partial charge in [0, 0.05) is 16.8 Å². The first-order valence-electron chi connectivity index (χ1n) is 8.26. The van der Waals surface area contributed by atoms with Crippen molar-refractivity contribution in [2.75, 3.05) is 19.8 Å². The van der Waals surface area contributed by atoms with Crippen LogP contribution in [-0.4, -0.2) is 59.7 Å². The third-order valence-corrected chi connectivity index (χ3v) is 3.08. The standard InChI is InChI=1S/C16H32O7Si/c1-15(2,3)22-13(17)20-11-12(10-19-8-7-9-24)21-14(18)23-16(4,5)6/h12H,7-11H2,1-6,24H3. The van der Waals surface area contributed by atoms with E-state index in [2.05, 4.69) is 0 Å². The molecule has 0 radical (unpaired) electrons. The Morgan fingerprint density at radius 1 is 0.917 bits per heavy atom. The van der Waals surface area contributed by atoms with E-state index < -0.39 is 29.6 Å². The van der Waals surface area contributed by atoms with Crippen molar-refractivity contribution in [2.24, 2.45) is 0 Å². The highest BCUT2D eigenvalue weighted by molar-refractivity contribution is 6.08. The van der Waals surface area contributed by atoms with Crippen molar-refractivity contribution in [3.63, 3.8) is 0 Å². The summed E-state index contributed by atoms with van der Waals surface area (Å²) in [6.07, 6.45) is -1.44. The Morgan fingerprint density at radius 3 is 1.96 bits per heavy atom. The second-order valence-electron chi connectivity index (χ2n) is 7.41. The van der Waals surface area contributed by atoms with E-state index >= 15 is 0 Å². The Kier molecular flexibility index (Phi) is 9.99. The first-order chi connectivity index (χ1) is 10.9. The van der Waals surface area contributed by atoms with E-state index in [4.69, 9.17) is 23.7 Å². The van der Waals surface area contributed by atoms with E-state index in [1.165, 1.54) is 0 Å². The van der Waals surface area contributed by atoms with Crippen LogP contribution in [0, 0.1) is 0 Å². The van der Waals surface area contributed by atoms with E-state index in [1.54, 1.807) is 41.5 Å². The van der Waals surface area contributed by atoms with Crippen molar-refractivity contribution >= 4 is 22.6 Å². The van der Waals surface area contributed by atoms with Crippen LogP contribution in [0.25, 0.3) is 0 Å². The topological polar surface area (TPSA) is 80.3 Å². The summed E-state index contributed by atoms with van der Waals surface area (Å²) in [6.45, 7) is 11.0. The van der Waals surface area contributed by atoms with Gasteiger partial charge < -0.3 is 23.7 Å². The third-order valence-electron chi connectivity index (χ3n) is 2.37. The Labute approximate surface area is 147 Å². The quantitative estimate of drug-likeness (QED) is 0.372. The summed E-state index contributed by atoms with van der Waals surface area (Å²) in [6, 6.07) is 1.13. The fraction of sp³-hybridized carbons (Fsp3) is 0.875. The van der Waals surface area contributed by atoms with E-state index in [9.17, 15) is 9.59 Å². The summed E-state index contributed by atoms with van der Waals surface area (Å²) in [4.78, 5) is 23.4. The van der Waals surface area contributed by atoms with E-state index in [1.807, 2.05) is 0 Å². The summed E-state index contributed by atoms with van der Waals surface area (Å²) < 4.78 is 25.8. The number of ether oxygens (including phenoxy) is 5. The maximum absolute atomic E-state index is 11.8. The fourth-order valence-corrected chi connectivity index (χ4v) is 1.72. The van der Waals surface area contributed by atoms with Crippen LogP contribution in [-0.2, 0) is 23.7 Å². The molecule has 7 nitrogen and oxygen atoms in total. The van der Waals surface area contributed by atoms with Crippen molar-refractivity contribution in [2.45, 2.75) is 71.3 Å². The minimum Gasteiger partial charge on any atom is -0.430 e. The van der Waals surface area contributed by atoms with Crippen LogP contribution in [0.1, 0.15) is 48.0 Å². The first kappa shape index (κ1) is 22.7. The van der Waals surface area contributed by atoms with Gasteiger partial charge in [0.1, 0.15) is 17.8 Å². The van der Waals surface area contributed by atoms with Gasteiger partial charge in [-0.2, -0.15) is 0 Å². The molecule has 1 atom stereocenters. The van der Waals surface area contributed by atoms with Crippen molar-refractivity contribution in [3.8, 4) is 0 Å². The van der Waals surface area contributed by atoms with Gasteiger partial charge in [0.15, 0.2) is 6.10 Å². The molecule has 0 heterocycles. The molecule has 0 spiro atoms. The van der Waals surface area contributed by atoms with Crippen molar-refractivity contribution in [3.05, 3.63) is 0 Å². The summed E-state index contributed by atoms with van der Waals surface area (Å²) in [7, 11) is 1.12. The van der Waals surface area contributed by atoms with Gasteiger partial charge in [-0.25, -0.2) is 9.59 Å². The molecule has 0 aromatic carbocycles. The first-order valence-corrected chi connectivity index (χ1v) is 9.67. The smallest absolute Gasteiger partial charge is 0.430 e. The highest BCUT2D eigenvalue weighted by atomic mass is 28.1. The predicted molar refractivity (Wildman–Crippen MR) is 93.5 cm³/mol. The zero-order chi connectivity index (χ0) is 18.8. The lowest BCUT2D eigenvalue weighted by Crippen LogP contribution is -2.34. The minimum absolute atomic E-state index is 0.129. The predicted octanol–water partition coefficient (Wildman–Crippen LogP) is 2.45.